The van der Waals surface area contributed by atoms with E-state index < -0.39 is 12.1 Å². The minimum absolute atomic E-state index is 0.0677. The van der Waals surface area contributed by atoms with Crippen molar-refractivity contribution < 1.29 is 32.6 Å². The van der Waals surface area contributed by atoms with Gasteiger partial charge in [0.25, 0.3) is 5.91 Å². The Balaban J connectivity index is 0.000000646. The third kappa shape index (κ3) is 11.0. The van der Waals surface area contributed by atoms with Crippen LogP contribution in [0.3, 0.4) is 0 Å². The van der Waals surface area contributed by atoms with Crippen molar-refractivity contribution in [1.82, 2.24) is 9.80 Å². The molecule has 10 heteroatoms. The molecular weight excluding hydrogens is 559 g/mol. The van der Waals surface area contributed by atoms with Crippen LogP contribution in [-0.4, -0.2) is 66.2 Å². The van der Waals surface area contributed by atoms with Crippen LogP contribution in [0, 0.1) is 0 Å². The third-order valence-corrected chi connectivity index (χ3v) is 7.09. The van der Waals surface area contributed by atoms with Crippen molar-refractivity contribution in [1.29, 1.82) is 0 Å². The SMILES string of the molecule is COc1ccc(CN2CCCN(Cc3cccc(C(=O)Nc4ccc(C(C)(C)C)cc4)c3)CC2)cc1.O=C(O)C(F)(F)F. The molecule has 2 N–H and O–H groups in total. The van der Waals surface area contributed by atoms with Crippen LogP contribution in [-0.2, 0) is 23.3 Å². The molecule has 4 rings (SSSR count). The monoisotopic (exact) mass is 599 g/mol. The summed E-state index contributed by atoms with van der Waals surface area (Å²) >= 11 is 0. The first kappa shape index (κ1) is 33.6. The van der Waals surface area contributed by atoms with Crippen molar-refractivity contribution in [3.63, 3.8) is 0 Å². The van der Waals surface area contributed by atoms with E-state index in [1.165, 1.54) is 16.7 Å². The summed E-state index contributed by atoms with van der Waals surface area (Å²) < 4.78 is 37.0. The fourth-order valence-electron chi connectivity index (χ4n) is 4.66. The molecule has 0 bridgehead atoms. The average molecular weight is 600 g/mol. The summed E-state index contributed by atoms with van der Waals surface area (Å²) in [6.45, 7) is 12.6. The lowest BCUT2D eigenvalue weighted by Gasteiger charge is -2.22. The number of hydrogen-bond donors (Lipinski definition) is 2. The molecule has 0 unspecified atom stereocenters. The van der Waals surface area contributed by atoms with E-state index in [9.17, 15) is 18.0 Å². The summed E-state index contributed by atoms with van der Waals surface area (Å²) in [5.74, 6) is -1.93. The van der Waals surface area contributed by atoms with Gasteiger partial charge in [-0.15, -0.1) is 0 Å². The first-order valence-electron chi connectivity index (χ1n) is 14.1. The van der Waals surface area contributed by atoms with Crippen LogP contribution in [0.25, 0.3) is 0 Å². The molecule has 3 aromatic rings. The van der Waals surface area contributed by atoms with E-state index in [0.29, 0.717) is 5.56 Å². The molecule has 1 aliphatic rings. The lowest BCUT2D eigenvalue weighted by Crippen LogP contribution is -2.30. The number of carbonyl (C=O) groups excluding carboxylic acids is 1. The minimum atomic E-state index is -5.08. The molecule has 0 radical (unpaired) electrons. The van der Waals surface area contributed by atoms with Crippen molar-refractivity contribution in [2.75, 3.05) is 38.6 Å². The van der Waals surface area contributed by atoms with E-state index in [1.54, 1.807) is 7.11 Å². The Bertz CT molecular complexity index is 1340. The largest absolute Gasteiger partial charge is 0.497 e. The second-order valence-electron chi connectivity index (χ2n) is 11.5. The highest BCUT2D eigenvalue weighted by molar-refractivity contribution is 6.04. The van der Waals surface area contributed by atoms with E-state index in [2.05, 4.69) is 66.2 Å². The minimum Gasteiger partial charge on any atom is -0.497 e. The molecule has 3 aromatic carbocycles. The van der Waals surface area contributed by atoms with Crippen LogP contribution in [0.2, 0.25) is 0 Å². The van der Waals surface area contributed by atoms with E-state index in [0.717, 1.165) is 57.1 Å². The number of benzene rings is 3. The van der Waals surface area contributed by atoms with Crippen LogP contribution >= 0.6 is 0 Å². The maximum atomic E-state index is 12.9. The molecule has 1 fully saturated rings. The van der Waals surface area contributed by atoms with Gasteiger partial charge in [-0.2, -0.15) is 13.2 Å². The number of ether oxygens (including phenoxy) is 1. The average Bonchev–Trinajstić information content (AvgIpc) is 3.18. The standard InChI is InChI=1S/C31H39N3O2.C2HF3O2/c1-31(2,3)27-11-13-28(14-12-27)32-30(35)26-8-5-7-25(21-26)23-34-18-6-17-33(19-20-34)22-24-9-15-29(36-4)16-10-24;3-2(4,5)1(6)7/h5,7-16,21H,6,17-20,22-23H2,1-4H3,(H,32,35);(H,6,7). The van der Waals surface area contributed by atoms with Crippen molar-refractivity contribution in [2.45, 2.75) is 51.9 Å². The van der Waals surface area contributed by atoms with Gasteiger partial charge >= 0.3 is 12.1 Å². The van der Waals surface area contributed by atoms with Gasteiger partial charge in [-0.3, -0.25) is 14.6 Å². The van der Waals surface area contributed by atoms with Crippen molar-refractivity contribution in [3.8, 4) is 5.75 Å². The Kier molecular flexibility index (Phi) is 11.7. The van der Waals surface area contributed by atoms with E-state index in [-0.39, 0.29) is 11.3 Å². The Morgan fingerprint density at radius 1 is 0.837 bits per heavy atom. The Morgan fingerprint density at radius 2 is 1.40 bits per heavy atom. The molecule has 1 saturated heterocycles. The lowest BCUT2D eigenvalue weighted by atomic mass is 9.87. The van der Waals surface area contributed by atoms with Gasteiger partial charge in [-0.25, -0.2) is 4.79 Å². The number of nitrogens with one attached hydrogen (secondary N) is 1. The molecule has 0 spiro atoms. The predicted molar refractivity (Wildman–Crippen MR) is 161 cm³/mol. The van der Waals surface area contributed by atoms with Gasteiger partial charge in [0.1, 0.15) is 5.75 Å². The van der Waals surface area contributed by atoms with Gasteiger partial charge in [0.15, 0.2) is 0 Å². The zero-order valence-electron chi connectivity index (χ0n) is 25.1. The van der Waals surface area contributed by atoms with Gasteiger partial charge < -0.3 is 15.2 Å². The third-order valence-electron chi connectivity index (χ3n) is 7.09. The van der Waals surface area contributed by atoms with Gasteiger partial charge in [0.2, 0.25) is 0 Å². The maximum Gasteiger partial charge on any atom is 0.490 e. The van der Waals surface area contributed by atoms with Crippen molar-refractivity contribution in [2.24, 2.45) is 0 Å². The number of nitrogens with zero attached hydrogens (tertiary/aromatic N) is 2. The van der Waals surface area contributed by atoms with Crippen LogP contribution in [0.4, 0.5) is 18.9 Å². The summed E-state index contributed by atoms with van der Waals surface area (Å²) in [6.07, 6.45) is -3.94. The Labute approximate surface area is 251 Å². The van der Waals surface area contributed by atoms with E-state index in [4.69, 9.17) is 14.6 Å². The Morgan fingerprint density at radius 3 is 1.91 bits per heavy atom. The van der Waals surface area contributed by atoms with Crippen LogP contribution in [0.5, 0.6) is 5.75 Å². The fraction of sp³-hybridized carbons (Fsp3) is 0.394. The topological polar surface area (TPSA) is 82.1 Å². The smallest absolute Gasteiger partial charge is 0.490 e. The summed E-state index contributed by atoms with van der Waals surface area (Å²) in [4.78, 5) is 26.8. The molecule has 0 aliphatic carbocycles. The molecule has 232 valence electrons. The quantitative estimate of drug-likeness (QED) is 0.319. The molecule has 0 saturated carbocycles. The number of carboxylic acids is 1. The first-order chi connectivity index (χ1) is 20.2. The zero-order chi connectivity index (χ0) is 31.6. The maximum absolute atomic E-state index is 12.9. The second kappa shape index (κ2) is 15.0. The number of anilines is 1. The summed E-state index contributed by atoms with van der Waals surface area (Å²) in [5, 5.41) is 10.2. The number of carboxylic acid groups (broad SMARTS) is 1. The van der Waals surface area contributed by atoms with Crippen LogP contribution in [0.15, 0.2) is 72.8 Å². The fourth-order valence-corrected chi connectivity index (χ4v) is 4.66. The van der Waals surface area contributed by atoms with Gasteiger partial charge in [0, 0.05) is 37.4 Å². The van der Waals surface area contributed by atoms with Gasteiger partial charge in [0.05, 0.1) is 7.11 Å². The molecular formula is C33H40F3N3O4. The number of rotatable bonds is 7. The van der Waals surface area contributed by atoms with Gasteiger partial charge in [-0.1, -0.05) is 57.2 Å². The number of methoxy groups -OCH3 is 1. The summed E-state index contributed by atoms with van der Waals surface area (Å²) in [7, 11) is 1.70. The molecule has 43 heavy (non-hydrogen) atoms. The number of halogens is 3. The number of hydrogen-bond acceptors (Lipinski definition) is 5. The number of amides is 1. The molecule has 1 amide bonds. The molecule has 0 atom stereocenters. The van der Waals surface area contributed by atoms with E-state index in [1.807, 2.05) is 42.5 Å². The highest BCUT2D eigenvalue weighted by Crippen LogP contribution is 2.24. The number of aliphatic carboxylic acids is 1. The highest BCUT2D eigenvalue weighted by atomic mass is 19.4. The van der Waals surface area contributed by atoms with Gasteiger partial charge in [-0.05, 0) is 78.0 Å². The predicted octanol–water partition coefficient (Wildman–Crippen LogP) is 6.59. The highest BCUT2D eigenvalue weighted by Gasteiger charge is 2.38. The summed E-state index contributed by atoms with van der Waals surface area (Å²) in [6, 6.07) is 24.5. The summed E-state index contributed by atoms with van der Waals surface area (Å²) in [5.41, 5.74) is 5.36. The lowest BCUT2D eigenvalue weighted by molar-refractivity contribution is -0.192. The van der Waals surface area contributed by atoms with Crippen molar-refractivity contribution >= 4 is 17.6 Å². The second-order valence-corrected chi connectivity index (χ2v) is 11.5. The van der Waals surface area contributed by atoms with Crippen LogP contribution in [0.1, 0.15) is 54.2 Å². The van der Waals surface area contributed by atoms with Crippen molar-refractivity contribution in [3.05, 3.63) is 95.1 Å². The first-order valence-corrected chi connectivity index (χ1v) is 14.1. The normalized spacial score (nSPS) is 14.7. The zero-order valence-corrected chi connectivity index (χ0v) is 25.1. The van der Waals surface area contributed by atoms with E-state index >= 15 is 0 Å². The molecule has 1 aliphatic heterocycles. The number of carbonyl (C=O) groups is 2. The Hall–Kier alpha value is -3.89. The number of alkyl halides is 3. The molecule has 1 heterocycles. The molecule has 7 nitrogen and oxygen atoms in total. The molecule has 0 aromatic heterocycles. The van der Waals surface area contributed by atoms with Crippen LogP contribution < -0.4 is 10.1 Å².